The molecule has 2 aromatic rings. The fourth-order valence-electron chi connectivity index (χ4n) is 1.99. The Labute approximate surface area is 133 Å². The quantitative estimate of drug-likeness (QED) is 0.821. The molecular weight excluding hydrogens is 304 g/mol. The van der Waals surface area contributed by atoms with Crippen LogP contribution in [0.25, 0.3) is 10.2 Å². The van der Waals surface area contributed by atoms with E-state index in [-0.39, 0.29) is 12.5 Å². The maximum atomic E-state index is 11.8. The third-order valence-electron chi connectivity index (χ3n) is 3.03. The highest BCUT2D eigenvalue weighted by molar-refractivity contribution is 7.98. The molecule has 1 amide bonds. The number of aryl methyl sites for hydroxylation is 1. The lowest BCUT2D eigenvalue weighted by Crippen LogP contribution is -2.42. The topological polar surface area (TPSA) is 62.2 Å². The van der Waals surface area contributed by atoms with Gasteiger partial charge in [-0.05, 0) is 25.3 Å². The van der Waals surface area contributed by atoms with Crippen LogP contribution >= 0.6 is 23.1 Å². The minimum absolute atomic E-state index is 0.0457. The van der Waals surface area contributed by atoms with E-state index in [2.05, 4.69) is 10.3 Å². The van der Waals surface area contributed by atoms with E-state index in [1.165, 1.54) is 0 Å². The van der Waals surface area contributed by atoms with Crippen molar-refractivity contribution in [1.29, 1.82) is 0 Å². The lowest BCUT2D eigenvalue weighted by molar-refractivity contribution is -0.122. The van der Waals surface area contributed by atoms with Crippen LogP contribution in [0.3, 0.4) is 0 Å². The second-order valence-corrected chi connectivity index (χ2v) is 7.26. The van der Waals surface area contributed by atoms with E-state index in [0.29, 0.717) is 18.6 Å². The molecule has 0 radical (unpaired) electrons. The fourth-order valence-corrected chi connectivity index (χ4v) is 3.68. The molecular formula is C15H20N2O2S2. The van der Waals surface area contributed by atoms with Gasteiger partial charge in [0.05, 0.1) is 20.8 Å². The van der Waals surface area contributed by atoms with Crippen molar-refractivity contribution in [2.24, 2.45) is 0 Å². The third-order valence-corrected chi connectivity index (χ3v) is 5.03. The number of rotatable bonds is 7. The number of nitrogens with one attached hydrogen (secondary N) is 1. The molecule has 21 heavy (non-hydrogen) atoms. The summed E-state index contributed by atoms with van der Waals surface area (Å²) in [6, 6.07) is 7.97. The molecule has 0 aliphatic carbocycles. The Balaban J connectivity index is 1.81. The van der Waals surface area contributed by atoms with Crippen LogP contribution < -0.4 is 5.32 Å². The molecule has 2 rings (SSSR count). The summed E-state index contributed by atoms with van der Waals surface area (Å²) in [5.74, 6) is 0.557. The molecule has 1 aromatic heterocycles. The van der Waals surface area contributed by atoms with Crippen molar-refractivity contribution in [1.82, 2.24) is 10.3 Å². The van der Waals surface area contributed by atoms with Crippen molar-refractivity contribution in [3.05, 3.63) is 29.3 Å². The Kier molecular flexibility index (Phi) is 5.61. The number of benzene rings is 1. The summed E-state index contributed by atoms with van der Waals surface area (Å²) in [7, 11) is 0. The van der Waals surface area contributed by atoms with E-state index in [4.69, 9.17) is 0 Å². The van der Waals surface area contributed by atoms with Gasteiger partial charge in [-0.15, -0.1) is 11.3 Å². The van der Waals surface area contributed by atoms with Crippen LogP contribution in [0.2, 0.25) is 0 Å². The van der Waals surface area contributed by atoms with Crippen LogP contribution in [0.4, 0.5) is 0 Å². The maximum Gasteiger partial charge on any atom is 0.220 e. The molecule has 1 unspecified atom stereocenters. The molecule has 1 heterocycles. The highest BCUT2D eigenvalue weighted by Gasteiger charge is 2.20. The molecule has 0 saturated carbocycles. The van der Waals surface area contributed by atoms with Gasteiger partial charge in [0, 0.05) is 25.1 Å². The number of aliphatic hydroxyl groups is 1. The molecule has 1 aromatic carbocycles. The van der Waals surface area contributed by atoms with Gasteiger partial charge < -0.3 is 10.4 Å². The van der Waals surface area contributed by atoms with Crippen molar-refractivity contribution >= 4 is 39.2 Å². The number of thioether (sulfide) groups is 1. The molecule has 1 atom stereocenters. The number of amides is 1. The Morgan fingerprint density at radius 2 is 2.24 bits per heavy atom. The second-order valence-electron chi connectivity index (χ2n) is 5.28. The van der Waals surface area contributed by atoms with Crippen molar-refractivity contribution in [2.75, 3.05) is 18.6 Å². The first-order chi connectivity index (χ1) is 10.00. The summed E-state index contributed by atoms with van der Waals surface area (Å²) in [4.78, 5) is 16.3. The lowest BCUT2D eigenvalue weighted by atomic mass is 10.1. The van der Waals surface area contributed by atoms with Crippen LogP contribution in [0.15, 0.2) is 24.3 Å². The number of aromatic nitrogens is 1. The molecule has 0 aliphatic heterocycles. The first-order valence-corrected chi connectivity index (χ1v) is 9.04. The number of carbonyl (C=O) groups excluding carboxylic acids is 1. The van der Waals surface area contributed by atoms with Gasteiger partial charge in [0.15, 0.2) is 0 Å². The summed E-state index contributed by atoms with van der Waals surface area (Å²) in [6.45, 7) is 2.02. The van der Waals surface area contributed by atoms with Crippen molar-refractivity contribution in [2.45, 2.75) is 25.4 Å². The van der Waals surface area contributed by atoms with E-state index in [1.54, 1.807) is 30.0 Å². The smallest absolute Gasteiger partial charge is 0.220 e. The molecule has 0 spiro atoms. The van der Waals surface area contributed by atoms with Gasteiger partial charge in [-0.25, -0.2) is 4.98 Å². The predicted octanol–water partition coefficient (Wildman–Crippen LogP) is 2.46. The number of nitrogens with zero attached hydrogens (tertiary/aromatic N) is 1. The van der Waals surface area contributed by atoms with Gasteiger partial charge in [0.25, 0.3) is 0 Å². The Bertz CT molecular complexity index is 577. The van der Waals surface area contributed by atoms with Gasteiger partial charge in [0.2, 0.25) is 5.91 Å². The summed E-state index contributed by atoms with van der Waals surface area (Å²) < 4.78 is 1.15. The minimum Gasteiger partial charge on any atom is -0.387 e. The first kappa shape index (κ1) is 16.3. The molecule has 4 nitrogen and oxygen atoms in total. The SMILES string of the molecule is CSCC(C)(O)CNC(=O)CCc1nc2ccccc2s1. The maximum absolute atomic E-state index is 11.8. The lowest BCUT2D eigenvalue weighted by Gasteiger charge is -2.22. The highest BCUT2D eigenvalue weighted by Crippen LogP contribution is 2.22. The standard InChI is InChI=1S/C15H20N2O2S2/c1-15(19,10-20-2)9-16-13(18)7-8-14-17-11-5-3-4-6-12(11)21-14/h3-6,19H,7-10H2,1-2H3,(H,16,18). The fraction of sp³-hybridized carbons (Fsp3) is 0.467. The third kappa shape index (κ3) is 4.98. The van der Waals surface area contributed by atoms with E-state index in [0.717, 1.165) is 15.2 Å². The van der Waals surface area contributed by atoms with Crippen LogP contribution in [-0.4, -0.2) is 40.2 Å². The molecule has 0 bridgehead atoms. The number of para-hydroxylation sites is 1. The Hall–Kier alpha value is -1.11. The summed E-state index contributed by atoms with van der Waals surface area (Å²) >= 11 is 3.19. The number of carbonyl (C=O) groups is 1. The predicted molar refractivity (Wildman–Crippen MR) is 90.0 cm³/mol. The van der Waals surface area contributed by atoms with E-state index in [9.17, 15) is 9.90 Å². The van der Waals surface area contributed by atoms with Gasteiger partial charge in [-0.1, -0.05) is 12.1 Å². The summed E-state index contributed by atoms with van der Waals surface area (Å²) in [5.41, 5.74) is 0.131. The molecule has 0 fully saturated rings. The van der Waals surface area contributed by atoms with Crippen LogP contribution in [0, 0.1) is 0 Å². The Morgan fingerprint density at radius 1 is 1.48 bits per heavy atom. The van der Waals surface area contributed by atoms with Gasteiger partial charge in [0.1, 0.15) is 0 Å². The van der Waals surface area contributed by atoms with Crippen LogP contribution in [0.5, 0.6) is 0 Å². The first-order valence-electron chi connectivity index (χ1n) is 6.83. The second kappa shape index (κ2) is 7.24. The summed E-state index contributed by atoms with van der Waals surface area (Å²) in [5, 5.41) is 13.8. The zero-order chi connectivity index (χ0) is 15.3. The highest BCUT2D eigenvalue weighted by atomic mass is 32.2. The molecule has 2 N–H and O–H groups in total. The minimum atomic E-state index is -0.856. The molecule has 6 heteroatoms. The van der Waals surface area contributed by atoms with Crippen LogP contribution in [0.1, 0.15) is 18.4 Å². The average Bonchev–Trinajstić information content (AvgIpc) is 2.86. The number of fused-ring (bicyclic) bond motifs is 1. The van der Waals surface area contributed by atoms with Gasteiger partial charge >= 0.3 is 0 Å². The monoisotopic (exact) mass is 324 g/mol. The number of hydrogen-bond donors (Lipinski definition) is 2. The zero-order valence-electron chi connectivity index (χ0n) is 12.3. The van der Waals surface area contributed by atoms with Gasteiger partial charge in [-0.3, -0.25) is 4.79 Å². The van der Waals surface area contributed by atoms with Crippen molar-refractivity contribution in [3.8, 4) is 0 Å². The number of thiazole rings is 1. The molecule has 114 valence electrons. The summed E-state index contributed by atoms with van der Waals surface area (Å²) in [6.07, 6.45) is 2.97. The van der Waals surface area contributed by atoms with Crippen molar-refractivity contribution in [3.63, 3.8) is 0 Å². The molecule has 0 aliphatic rings. The largest absolute Gasteiger partial charge is 0.387 e. The van der Waals surface area contributed by atoms with E-state index in [1.807, 2.05) is 30.5 Å². The van der Waals surface area contributed by atoms with E-state index < -0.39 is 5.60 Å². The zero-order valence-corrected chi connectivity index (χ0v) is 13.9. The average molecular weight is 324 g/mol. The van der Waals surface area contributed by atoms with E-state index >= 15 is 0 Å². The molecule has 0 saturated heterocycles. The normalized spacial score (nSPS) is 14.0. The van der Waals surface area contributed by atoms with Gasteiger partial charge in [-0.2, -0.15) is 11.8 Å². The number of hydrogen-bond acceptors (Lipinski definition) is 5. The van der Waals surface area contributed by atoms with Crippen LogP contribution in [-0.2, 0) is 11.2 Å². The van der Waals surface area contributed by atoms with Crippen molar-refractivity contribution < 1.29 is 9.90 Å². The Morgan fingerprint density at radius 3 is 2.95 bits per heavy atom.